The van der Waals surface area contributed by atoms with Gasteiger partial charge in [-0.2, -0.15) is 0 Å². The number of imidazole rings is 1. The monoisotopic (exact) mass is 436 g/mol. The lowest BCUT2D eigenvalue weighted by Crippen LogP contribution is -2.40. The number of ether oxygens (including phenoxy) is 4. The third-order valence-electron chi connectivity index (χ3n) is 4.55. The fourth-order valence-corrected chi connectivity index (χ4v) is 3.40. The van der Waals surface area contributed by atoms with E-state index in [2.05, 4.69) is 15.0 Å². The minimum absolute atomic E-state index is 0.224. The SMILES string of the molecule is CC(=O)OC[C@H]1O[C@@H](n2cnc3c(C(C)(C)O)ncnc32)C(OC(C)=O)C1OC(C)=O. The molecule has 0 bridgehead atoms. The van der Waals surface area contributed by atoms with Gasteiger partial charge in [0.05, 0.1) is 6.33 Å². The van der Waals surface area contributed by atoms with E-state index < -0.39 is 48.0 Å². The van der Waals surface area contributed by atoms with Gasteiger partial charge in [-0.25, -0.2) is 15.0 Å². The lowest BCUT2D eigenvalue weighted by molar-refractivity contribution is -0.166. The number of carbonyl (C=O) groups is 3. The highest BCUT2D eigenvalue weighted by molar-refractivity contribution is 5.74. The Balaban J connectivity index is 2.06. The predicted molar refractivity (Wildman–Crippen MR) is 102 cm³/mol. The highest BCUT2D eigenvalue weighted by Gasteiger charge is 2.51. The molecule has 0 aliphatic carbocycles. The van der Waals surface area contributed by atoms with E-state index in [9.17, 15) is 19.5 Å². The maximum absolute atomic E-state index is 11.8. The normalized spacial score (nSPS) is 23.5. The highest BCUT2D eigenvalue weighted by Crippen LogP contribution is 2.36. The van der Waals surface area contributed by atoms with Crippen molar-refractivity contribution in [2.75, 3.05) is 6.61 Å². The summed E-state index contributed by atoms with van der Waals surface area (Å²) in [7, 11) is 0. The van der Waals surface area contributed by atoms with Crippen molar-refractivity contribution in [1.29, 1.82) is 0 Å². The van der Waals surface area contributed by atoms with E-state index >= 15 is 0 Å². The summed E-state index contributed by atoms with van der Waals surface area (Å²) in [6, 6.07) is 0. The molecule has 12 nitrogen and oxygen atoms in total. The Morgan fingerprint density at radius 3 is 2.29 bits per heavy atom. The summed E-state index contributed by atoms with van der Waals surface area (Å²) < 4.78 is 23.3. The summed E-state index contributed by atoms with van der Waals surface area (Å²) >= 11 is 0. The Kier molecular flexibility index (Phi) is 6.23. The van der Waals surface area contributed by atoms with Crippen LogP contribution in [-0.4, -0.2) is 67.5 Å². The molecule has 3 heterocycles. The van der Waals surface area contributed by atoms with Gasteiger partial charge in [0.2, 0.25) is 0 Å². The van der Waals surface area contributed by atoms with E-state index in [1.54, 1.807) is 13.8 Å². The smallest absolute Gasteiger partial charge is 0.303 e. The second kappa shape index (κ2) is 8.55. The van der Waals surface area contributed by atoms with Crippen molar-refractivity contribution in [3.63, 3.8) is 0 Å². The predicted octanol–water partition coefficient (Wildman–Crippen LogP) is 0.378. The first-order chi connectivity index (χ1) is 14.5. The Labute approximate surface area is 177 Å². The molecule has 1 N–H and O–H groups in total. The number of rotatable bonds is 6. The van der Waals surface area contributed by atoms with Gasteiger partial charge < -0.3 is 24.1 Å². The van der Waals surface area contributed by atoms with E-state index in [1.807, 2.05) is 0 Å². The van der Waals surface area contributed by atoms with Crippen molar-refractivity contribution in [1.82, 2.24) is 19.5 Å². The van der Waals surface area contributed by atoms with Crippen molar-refractivity contribution in [2.45, 2.75) is 64.8 Å². The zero-order chi connectivity index (χ0) is 22.9. The minimum atomic E-state index is -1.29. The van der Waals surface area contributed by atoms with Crippen LogP contribution in [0.15, 0.2) is 12.7 Å². The van der Waals surface area contributed by atoms with E-state index in [0.717, 1.165) is 0 Å². The average molecular weight is 436 g/mol. The van der Waals surface area contributed by atoms with E-state index in [-0.39, 0.29) is 6.61 Å². The van der Waals surface area contributed by atoms with Crippen LogP contribution in [0.3, 0.4) is 0 Å². The molecule has 2 aromatic heterocycles. The van der Waals surface area contributed by atoms with Crippen LogP contribution < -0.4 is 0 Å². The molecule has 2 aromatic rings. The summed E-state index contributed by atoms with van der Waals surface area (Å²) in [5.41, 5.74) is -0.354. The minimum Gasteiger partial charge on any atom is -0.463 e. The first-order valence-corrected chi connectivity index (χ1v) is 9.52. The van der Waals surface area contributed by atoms with Crippen LogP contribution in [0, 0.1) is 0 Å². The van der Waals surface area contributed by atoms with Crippen molar-refractivity contribution in [2.24, 2.45) is 0 Å². The Morgan fingerprint density at radius 1 is 1.06 bits per heavy atom. The van der Waals surface area contributed by atoms with Gasteiger partial charge in [-0.3, -0.25) is 19.0 Å². The van der Waals surface area contributed by atoms with Gasteiger partial charge in [-0.05, 0) is 13.8 Å². The number of esters is 3. The van der Waals surface area contributed by atoms with E-state index in [4.69, 9.17) is 18.9 Å². The first kappa shape index (κ1) is 22.6. The number of aromatic nitrogens is 4. The number of nitrogens with zero attached hydrogens (tertiary/aromatic N) is 4. The molecule has 0 saturated carbocycles. The lowest BCUT2D eigenvalue weighted by atomic mass is 10.0. The van der Waals surface area contributed by atoms with Crippen molar-refractivity contribution in [3.05, 3.63) is 18.3 Å². The van der Waals surface area contributed by atoms with E-state index in [1.165, 1.54) is 38.0 Å². The molecule has 0 spiro atoms. The molecule has 168 valence electrons. The highest BCUT2D eigenvalue weighted by atomic mass is 16.7. The van der Waals surface area contributed by atoms with Gasteiger partial charge in [0, 0.05) is 20.8 Å². The Hall–Kier alpha value is -3.12. The third kappa shape index (κ3) is 4.80. The number of hydrogen-bond acceptors (Lipinski definition) is 11. The van der Waals surface area contributed by atoms with Gasteiger partial charge in [-0.15, -0.1) is 0 Å². The molecule has 3 rings (SSSR count). The molecular weight excluding hydrogens is 412 g/mol. The topological polar surface area (TPSA) is 152 Å². The van der Waals surface area contributed by atoms with Crippen molar-refractivity contribution >= 4 is 29.1 Å². The summed E-state index contributed by atoms with van der Waals surface area (Å²) in [5.74, 6) is -1.80. The maximum atomic E-state index is 11.8. The number of carbonyl (C=O) groups excluding carboxylic acids is 3. The molecule has 4 atom stereocenters. The second-order valence-electron chi connectivity index (χ2n) is 7.62. The van der Waals surface area contributed by atoms with E-state index in [0.29, 0.717) is 16.9 Å². The Morgan fingerprint density at radius 2 is 1.71 bits per heavy atom. The zero-order valence-corrected chi connectivity index (χ0v) is 17.8. The first-order valence-electron chi connectivity index (χ1n) is 9.52. The lowest BCUT2D eigenvalue weighted by Gasteiger charge is -2.23. The molecule has 1 aliphatic heterocycles. The average Bonchev–Trinajstić information content (AvgIpc) is 3.20. The van der Waals surface area contributed by atoms with Crippen molar-refractivity contribution < 1.29 is 38.4 Å². The Bertz CT molecular complexity index is 998. The third-order valence-corrected chi connectivity index (χ3v) is 4.55. The fourth-order valence-electron chi connectivity index (χ4n) is 3.40. The van der Waals surface area contributed by atoms with Crippen LogP contribution >= 0.6 is 0 Å². The largest absolute Gasteiger partial charge is 0.463 e. The summed E-state index contributed by atoms with van der Waals surface area (Å²) in [6.07, 6.45) is -1.35. The summed E-state index contributed by atoms with van der Waals surface area (Å²) in [5, 5.41) is 10.4. The molecule has 0 aromatic carbocycles. The molecule has 31 heavy (non-hydrogen) atoms. The molecule has 1 fully saturated rings. The molecule has 0 amide bonds. The van der Waals surface area contributed by atoms with Gasteiger partial charge in [0.1, 0.15) is 35.8 Å². The van der Waals surface area contributed by atoms with Crippen LogP contribution in [-0.2, 0) is 38.9 Å². The fraction of sp³-hybridized carbons (Fsp3) is 0.579. The number of aliphatic hydroxyl groups is 1. The van der Waals surface area contributed by atoms with Gasteiger partial charge in [-0.1, -0.05) is 0 Å². The molecule has 2 unspecified atom stereocenters. The zero-order valence-electron chi connectivity index (χ0n) is 17.8. The molecule has 1 aliphatic rings. The summed E-state index contributed by atoms with van der Waals surface area (Å²) in [4.78, 5) is 47.4. The van der Waals surface area contributed by atoms with Crippen LogP contribution in [0.4, 0.5) is 0 Å². The van der Waals surface area contributed by atoms with Crippen LogP contribution in [0.2, 0.25) is 0 Å². The molecule has 12 heteroatoms. The molecule has 0 radical (unpaired) electrons. The standard InChI is InChI=1S/C19H24N4O8/c1-9(24)28-6-12-14(29-10(2)25)15(30-11(3)26)18(31-12)23-8-22-13-16(19(4,5)27)20-7-21-17(13)23/h7-8,12,14-15,18,27H,6H2,1-5H3/t12-,14?,15?,18-/m1/s1. The van der Waals surface area contributed by atoms with Crippen LogP contribution in [0.5, 0.6) is 0 Å². The van der Waals surface area contributed by atoms with Gasteiger partial charge in [0.15, 0.2) is 24.1 Å². The number of fused-ring (bicyclic) bond motifs is 1. The molecular formula is C19H24N4O8. The van der Waals surface area contributed by atoms with Gasteiger partial charge >= 0.3 is 17.9 Å². The van der Waals surface area contributed by atoms with Crippen LogP contribution in [0.25, 0.3) is 11.2 Å². The van der Waals surface area contributed by atoms with Crippen LogP contribution in [0.1, 0.15) is 46.5 Å². The number of hydrogen-bond donors (Lipinski definition) is 1. The maximum Gasteiger partial charge on any atom is 0.303 e. The summed E-state index contributed by atoms with van der Waals surface area (Å²) in [6.45, 7) is 6.55. The van der Waals surface area contributed by atoms with Gasteiger partial charge in [0.25, 0.3) is 0 Å². The second-order valence-corrected chi connectivity index (χ2v) is 7.62. The molecule has 1 saturated heterocycles. The van der Waals surface area contributed by atoms with Crippen molar-refractivity contribution in [3.8, 4) is 0 Å². The quantitative estimate of drug-likeness (QED) is 0.494.